The van der Waals surface area contributed by atoms with Crippen molar-refractivity contribution < 1.29 is 17.9 Å². The van der Waals surface area contributed by atoms with Crippen LogP contribution in [0.15, 0.2) is 48.5 Å². The lowest BCUT2D eigenvalue weighted by atomic mass is 10.0. The van der Waals surface area contributed by atoms with Gasteiger partial charge in [0.25, 0.3) is 0 Å². The molecule has 3 aliphatic rings. The van der Waals surface area contributed by atoms with Crippen LogP contribution in [0.1, 0.15) is 19.3 Å². The molecule has 0 unspecified atom stereocenters. The molecule has 5 rings (SSSR count). The first kappa shape index (κ1) is 17.7. The third-order valence-electron chi connectivity index (χ3n) is 5.94. The van der Waals surface area contributed by atoms with E-state index in [2.05, 4.69) is 0 Å². The zero-order chi connectivity index (χ0) is 19.5. The van der Waals surface area contributed by atoms with Crippen LogP contribution in [-0.2, 0) is 14.8 Å². The molecule has 0 N–H and O–H groups in total. The van der Waals surface area contributed by atoms with Crippen molar-refractivity contribution in [3.63, 3.8) is 0 Å². The molecule has 0 radical (unpaired) electrons. The summed E-state index contributed by atoms with van der Waals surface area (Å²) < 4.78 is 32.3. The lowest BCUT2D eigenvalue weighted by Crippen LogP contribution is -2.53. The zero-order valence-electron chi connectivity index (χ0n) is 15.6. The summed E-state index contributed by atoms with van der Waals surface area (Å²) >= 11 is 0. The van der Waals surface area contributed by atoms with Crippen LogP contribution in [0.3, 0.4) is 0 Å². The number of carbonyl (C=O) groups excluding carboxylic acids is 1. The van der Waals surface area contributed by atoms with Crippen molar-refractivity contribution in [1.82, 2.24) is 4.31 Å². The average molecular weight is 398 g/mol. The highest BCUT2D eigenvalue weighted by Crippen LogP contribution is 2.44. The van der Waals surface area contributed by atoms with E-state index in [1.54, 1.807) is 12.0 Å². The number of fused-ring (bicyclic) bond motifs is 2. The summed E-state index contributed by atoms with van der Waals surface area (Å²) in [6.07, 6.45) is 1.96. The van der Waals surface area contributed by atoms with E-state index in [1.165, 1.54) is 4.31 Å². The van der Waals surface area contributed by atoms with E-state index in [0.29, 0.717) is 37.2 Å². The minimum absolute atomic E-state index is 0.147. The predicted molar refractivity (Wildman–Crippen MR) is 107 cm³/mol. The first-order chi connectivity index (χ1) is 13.5. The Kier molecular flexibility index (Phi) is 4.00. The Morgan fingerprint density at radius 2 is 1.79 bits per heavy atom. The number of methoxy groups -OCH3 is 1. The molecule has 2 bridgehead atoms. The van der Waals surface area contributed by atoms with Gasteiger partial charge in [-0.2, -0.15) is 4.31 Å². The van der Waals surface area contributed by atoms with E-state index in [9.17, 15) is 13.2 Å². The number of piperazine rings is 1. The molecule has 0 aromatic heterocycles. The second-order valence-corrected chi connectivity index (χ2v) is 9.85. The fraction of sp³-hybridized carbons (Fsp3) is 0.381. The standard InChI is InChI=1S/C21H22N2O4S/c1-27-20-10-7-15(14-5-3-2-4-6-14)11-18(20)23-16-12-19(21(23)24)22(13-16)28(25,26)17-8-9-17/h2-7,10-11,16-17,19H,8-9,12-13H2,1H3/t16-,19-/m0/s1. The molecule has 6 nitrogen and oxygen atoms in total. The fourth-order valence-corrected chi connectivity index (χ4v) is 6.40. The van der Waals surface area contributed by atoms with Crippen LogP contribution in [0.4, 0.5) is 5.69 Å². The second kappa shape index (κ2) is 6.32. The fourth-order valence-electron chi connectivity index (χ4n) is 4.38. The number of carbonyl (C=O) groups is 1. The Bertz CT molecular complexity index is 1030. The number of amides is 1. The zero-order valence-corrected chi connectivity index (χ0v) is 16.4. The number of hydrogen-bond donors (Lipinski definition) is 0. The van der Waals surface area contributed by atoms with Crippen molar-refractivity contribution in [2.75, 3.05) is 18.6 Å². The largest absolute Gasteiger partial charge is 0.495 e. The average Bonchev–Trinajstić information content (AvgIpc) is 3.42. The van der Waals surface area contributed by atoms with Gasteiger partial charge in [0, 0.05) is 6.54 Å². The molecule has 0 spiro atoms. The third kappa shape index (κ3) is 2.64. The first-order valence-corrected chi connectivity index (χ1v) is 11.1. The van der Waals surface area contributed by atoms with Crippen molar-refractivity contribution in [3.05, 3.63) is 48.5 Å². The van der Waals surface area contributed by atoms with Crippen molar-refractivity contribution in [2.45, 2.75) is 36.6 Å². The highest BCUT2D eigenvalue weighted by Gasteiger charge is 2.57. The maximum Gasteiger partial charge on any atom is 0.245 e. The van der Waals surface area contributed by atoms with E-state index < -0.39 is 16.1 Å². The van der Waals surface area contributed by atoms with Gasteiger partial charge in [0.1, 0.15) is 11.8 Å². The third-order valence-corrected chi connectivity index (χ3v) is 8.31. The van der Waals surface area contributed by atoms with Gasteiger partial charge in [0.05, 0.1) is 24.1 Å². The smallest absolute Gasteiger partial charge is 0.245 e. The maximum atomic E-state index is 13.1. The molecule has 2 aromatic carbocycles. The number of hydrogen-bond acceptors (Lipinski definition) is 4. The predicted octanol–water partition coefficient (Wildman–Crippen LogP) is 2.64. The summed E-state index contributed by atoms with van der Waals surface area (Å²) in [5.41, 5.74) is 2.76. The Morgan fingerprint density at radius 1 is 1.04 bits per heavy atom. The second-order valence-electron chi connectivity index (χ2n) is 7.68. The minimum Gasteiger partial charge on any atom is -0.495 e. The van der Waals surface area contributed by atoms with Gasteiger partial charge in [-0.3, -0.25) is 4.79 Å². The lowest BCUT2D eigenvalue weighted by molar-refractivity contribution is -0.121. The van der Waals surface area contributed by atoms with Crippen LogP contribution in [-0.4, -0.2) is 49.6 Å². The summed E-state index contributed by atoms with van der Waals surface area (Å²) in [5.74, 6) is 0.473. The molecule has 28 heavy (non-hydrogen) atoms. The molecular formula is C21H22N2O4S. The number of sulfonamides is 1. The highest BCUT2D eigenvalue weighted by atomic mass is 32.2. The van der Waals surface area contributed by atoms with E-state index in [-0.39, 0.29) is 17.2 Å². The molecule has 3 fully saturated rings. The molecule has 2 heterocycles. The number of benzene rings is 2. The molecule has 1 aliphatic carbocycles. The lowest BCUT2D eigenvalue weighted by Gasteiger charge is -2.34. The van der Waals surface area contributed by atoms with Gasteiger partial charge in [-0.1, -0.05) is 36.4 Å². The molecule has 2 aliphatic heterocycles. The highest BCUT2D eigenvalue weighted by molar-refractivity contribution is 7.90. The van der Waals surface area contributed by atoms with Gasteiger partial charge >= 0.3 is 0 Å². The first-order valence-electron chi connectivity index (χ1n) is 9.58. The number of rotatable bonds is 5. The molecule has 1 amide bonds. The SMILES string of the molecule is COc1ccc(-c2ccccc2)cc1N1C(=O)[C@@H]2C[C@H]1CN2S(=O)(=O)C1CC1. The summed E-state index contributed by atoms with van der Waals surface area (Å²) in [5, 5.41) is -0.288. The van der Waals surface area contributed by atoms with E-state index in [0.717, 1.165) is 11.1 Å². The maximum absolute atomic E-state index is 13.1. The van der Waals surface area contributed by atoms with Gasteiger partial charge in [-0.25, -0.2) is 8.42 Å². The molecule has 2 saturated heterocycles. The minimum atomic E-state index is -3.35. The van der Waals surface area contributed by atoms with Gasteiger partial charge in [-0.15, -0.1) is 0 Å². The van der Waals surface area contributed by atoms with Gasteiger partial charge in [-0.05, 0) is 42.5 Å². The van der Waals surface area contributed by atoms with Crippen LogP contribution in [0, 0.1) is 0 Å². The van der Waals surface area contributed by atoms with Crippen LogP contribution >= 0.6 is 0 Å². The summed E-state index contributed by atoms with van der Waals surface area (Å²) in [7, 11) is -1.76. The Labute approximate surface area is 164 Å². The van der Waals surface area contributed by atoms with Crippen LogP contribution in [0.5, 0.6) is 5.75 Å². The van der Waals surface area contributed by atoms with Crippen molar-refractivity contribution in [2.24, 2.45) is 0 Å². The van der Waals surface area contributed by atoms with Gasteiger partial charge in [0.2, 0.25) is 15.9 Å². The number of nitrogens with zero attached hydrogens (tertiary/aromatic N) is 2. The Balaban J connectivity index is 1.50. The summed E-state index contributed by atoms with van der Waals surface area (Å²) in [6.45, 7) is 0.369. The molecule has 2 atom stereocenters. The molecule has 1 saturated carbocycles. The van der Waals surface area contributed by atoms with Gasteiger partial charge < -0.3 is 9.64 Å². The van der Waals surface area contributed by atoms with Crippen molar-refractivity contribution in [3.8, 4) is 16.9 Å². The summed E-state index contributed by atoms with van der Waals surface area (Å²) in [4.78, 5) is 14.9. The quantitative estimate of drug-likeness (QED) is 0.777. The molecular weight excluding hydrogens is 376 g/mol. The molecule has 7 heteroatoms. The van der Waals surface area contributed by atoms with Crippen molar-refractivity contribution >= 4 is 21.6 Å². The van der Waals surface area contributed by atoms with Crippen LogP contribution < -0.4 is 9.64 Å². The van der Waals surface area contributed by atoms with Gasteiger partial charge in [0.15, 0.2) is 0 Å². The monoisotopic (exact) mass is 398 g/mol. The Morgan fingerprint density at radius 3 is 2.43 bits per heavy atom. The van der Waals surface area contributed by atoms with Crippen molar-refractivity contribution in [1.29, 1.82) is 0 Å². The Hall–Kier alpha value is -2.38. The number of anilines is 1. The number of ether oxygens (including phenoxy) is 1. The topological polar surface area (TPSA) is 66.9 Å². The molecule has 2 aromatic rings. The summed E-state index contributed by atoms with van der Waals surface area (Å²) in [6, 6.07) is 15.0. The van der Waals surface area contributed by atoms with Crippen LogP contribution in [0.2, 0.25) is 0 Å². The molecule has 146 valence electrons. The van der Waals surface area contributed by atoms with E-state index in [4.69, 9.17) is 4.74 Å². The van der Waals surface area contributed by atoms with E-state index >= 15 is 0 Å². The normalized spacial score (nSPS) is 24.8. The van der Waals surface area contributed by atoms with E-state index in [1.807, 2.05) is 48.5 Å². The van der Waals surface area contributed by atoms with Crippen LogP contribution in [0.25, 0.3) is 11.1 Å².